The number of aryl methyl sites for hydroxylation is 1. The van der Waals surface area contributed by atoms with Crippen LogP contribution in [-0.4, -0.2) is 18.2 Å². The first-order valence-electron chi connectivity index (χ1n) is 6.89. The number of carbonyl (C=O) groups is 1. The Morgan fingerprint density at radius 3 is 2.43 bits per heavy atom. The zero-order chi connectivity index (χ0) is 15.4. The highest BCUT2D eigenvalue weighted by atomic mass is 16.5. The molecule has 0 radical (unpaired) electrons. The van der Waals surface area contributed by atoms with E-state index in [1.165, 1.54) is 0 Å². The number of aromatic nitrogens is 1. The first-order valence-corrected chi connectivity index (χ1v) is 6.89. The molecule has 0 fully saturated rings. The Hall–Kier alpha value is -2.30. The van der Waals surface area contributed by atoms with Crippen molar-refractivity contribution in [3.63, 3.8) is 0 Å². The van der Waals surface area contributed by atoms with Crippen molar-refractivity contribution < 1.29 is 14.1 Å². The number of anilines is 1. The minimum absolute atomic E-state index is 0.0940. The summed E-state index contributed by atoms with van der Waals surface area (Å²) in [6, 6.07) is 9.24. The van der Waals surface area contributed by atoms with E-state index in [1.54, 1.807) is 20.1 Å². The van der Waals surface area contributed by atoms with E-state index in [0.717, 1.165) is 11.3 Å². The summed E-state index contributed by atoms with van der Waals surface area (Å²) in [5.74, 6) is 1.68. The number of rotatable bonds is 5. The third-order valence-corrected chi connectivity index (χ3v) is 3.30. The number of carbonyl (C=O) groups excluding carboxylic acids is 1. The van der Waals surface area contributed by atoms with Gasteiger partial charge in [0.2, 0.25) is 5.91 Å². The summed E-state index contributed by atoms with van der Waals surface area (Å²) >= 11 is 0. The second kappa shape index (κ2) is 6.43. The van der Waals surface area contributed by atoms with E-state index in [1.807, 2.05) is 38.1 Å². The van der Waals surface area contributed by atoms with E-state index in [-0.39, 0.29) is 17.7 Å². The maximum absolute atomic E-state index is 12.5. The molecule has 1 atom stereocenters. The van der Waals surface area contributed by atoms with E-state index in [2.05, 4.69) is 10.5 Å². The molecule has 0 aliphatic rings. The van der Waals surface area contributed by atoms with Gasteiger partial charge in [-0.2, -0.15) is 0 Å². The van der Waals surface area contributed by atoms with E-state index in [9.17, 15) is 4.79 Å². The zero-order valence-electron chi connectivity index (χ0n) is 12.7. The molecule has 112 valence electrons. The number of methoxy groups -OCH3 is 1. The maximum atomic E-state index is 12.5. The quantitative estimate of drug-likeness (QED) is 0.916. The second-order valence-corrected chi connectivity index (χ2v) is 5.31. The van der Waals surface area contributed by atoms with Gasteiger partial charge in [0.15, 0.2) is 5.82 Å². The second-order valence-electron chi connectivity index (χ2n) is 5.31. The van der Waals surface area contributed by atoms with Gasteiger partial charge in [-0.05, 0) is 30.5 Å². The molecular formula is C16H20N2O3. The molecule has 5 heteroatoms. The molecule has 0 bridgehead atoms. The van der Waals surface area contributed by atoms with Gasteiger partial charge < -0.3 is 14.6 Å². The average Bonchev–Trinajstić information content (AvgIpc) is 2.84. The zero-order valence-corrected chi connectivity index (χ0v) is 12.7. The Labute approximate surface area is 124 Å². The lowest BCUT2D eigenvalue weighted by molar-refractivity contribution is -0.118. The summed E-state index contributed by atoms with van der Waals surface area (Å²) in [6.07, 6.45) is 0. The van der Waals surface area contributed by atoms with Gasteiger partial charge in [0.1, 0.15) is 11.5 Å². The Morgan fingerprint density at radius 2 is 1.95 bits per heavy atom. The molecule has 2 aromatic rings. The summed E-state index contributed by atoms with van der Waals surface area (Å²) in [5, 5.41) is 6.59. The first-order chi connectivity index (χ1) is 10.0. The van der Waals surface area contributed by atoms with Crippen LogP contribution in [0, 0.1) is 12.8 Å². The molecule has 0 saturated carbocycles. The first kappa shape index (κ1) is 15.1. The van der Waals surface area contributed by atoms with Crippen molar-refractivity contribution in [2.75, 3.05) is 12.4 Å². The third kappa shape index (κ3) is 3.62. The molecule has 0 saturated heterocycles. The fourth-order valence-electron chi connectivity index (χ4n) is 2.28. The molecule has 0 aliphatic heterocycles. The lowest BCUT2D eigenvalue weighted by Crippen LogP contribution is -2.25. The minimum atomic E-state index is -0.257. The van der Waals surface area contributed by atoms with Gasteiger partial charge in [-0.3, -0.25) is 4.79 Å². The predicted octanol–water partition coefficient (Wildman–Crippen LogP) is 3.37. The highest BCUT2D eigenvalue weighted by Gasteiger charge is 2.25. The molecule has 0 spiro atoms. The van der Waals surface area contributed by atoms with Crippen molar-refractivity contribution >= 4 is 11.7 Å². The Bertz CT molecular complexity index is 602. The van der Waals surface area contributed by atoms with E-state index < -0.39 is 0 Å². The molecule has 5 nitrogen and oxygen atoms in total. The standard InChI is InChI=1S/C16H20N2O3/c1-10(2)15(12-5-7-13(20-4)8-6-12)16(19)17-14-9-11(3)21-18-14/h5-10,15H,1-4H3,(H,17,18,19). The molecule has 1 unspecified atom stereocenters. The van der Waals surface area contributed by atoms with Crippen molar-refractivity contribution in [1.29, 1.82) is 0 Å². The molecule has 21 heavy (non-hydrogen) atoms. The van der Waals surface area contributed by atoms with Gasteiger partial charge in [0, 0.05) is 6.07 Å². The normalized spacial score (nSPS) is 12.2. The summed E-state index contributed by atoms with van der Waals surface area (Å²) in [4.78, 5) is 12.5. The predicted molar refractivity (Wildman–Crippen MR) is 80.4 cm³/mol. The summed E-state index contributed by atoms with van der Waals surface area (Å²) in [6.45, 7) is 5.82. The van der Waals surface area contributed by atoms with Crippen LogP contribution in [0.3, 0.4) is 0 Å². The largest absolute Gasteiger partial charge is 0.497 e. The van der Waals surface area contributed by atoms with Crippen LogP contribution in [0.5, 0.6) is 5.75 Å². The number of amides is 1. The highest BCUT2D eigenvalue weighted by molar-refractivity contribution is 5.95. The lowest BCUT2D eigenvalue weighted by atomic mass is 9.87. The molecule has 0 aliphatic carbocycles. The van der Waals surface area contributed by atoms with Crippen molar-refractivity contribution in [2.24, 2.45) is 5.92 Å². The molecular weight excluding hydrogens is 268 g/mol. The lowest BCUT2D eigenvalue weighted by Gasteiger charge is -2.20. The fourth-order valence-corrected chi connectivity index (χ4v) is 2.28. The van der Waals surface area contributed by atoms with Crippen LogP contribution in [0.4, 0.5) is 5.82 Å². The SMILES string of the molecule is COc1ccc(C(C(=O)Nc2cc(C)on2)C(C)C)cc1. The van der Waals surface area contributed by atoms with Crippen molar-refractivity contribution in [3.05, 3.63) is 41.7 Å². The Morgan fingerprint density at radius 1 is 1.29 bits per heavy atom. The van der Waals surface area contributed by atoms with E-state index >= 15 is 0 Å². The third-order valence-electron chi connectivity index (χ3n) is 3.30. The van der Waals surface area contributed by atoms with Crippen molar-refractivity contribution in [3.8, 4) is 5.75 Å². The van der Waals surface area contributed by atoms with Crippen LogP contribution < -0.4 is 10.1 Å². The summed E-state index contributed by atoms with van der Waals surface area (Å²) in [5.41, 5.74) is 0.948. The smallest absolute Gasteiger partial charge is 0.233 e. The van der Waals surface area contributed by atoms with Crippen LogP contribution in [0.1, 0.15) is 31.1 Å². The van der Waals surface area contributed by atoms with Gasteiger partial charge in [0.05, 0.1) is 13.0 Å². The van der Waals surface area contributed by atoms with Gasteiger partial charge >= 0.3 is 0 Å². The van der Waals surface area contributed by atoms with Crippen LogP contribution in [-0.2, 0) is 4.79 Å². The molecule has 1 aromatic carbocycles. The number of hydrogen-bond donors (Lipinski definition) is 1. The van der Waals surface area contributed by atoms with Gasteiger partial charge in [-0.15, -0.1) is 0 Å². The molecule has 1 amide bonds. The molecule has 2 rings (SSSR count). The monoisotopic (exact) mass is 288 g/mol. The van der Waals surface area contributed by atoms with Crippen LogP contribution >= 0.6 is 0 Å². The number of ether oxygens (including phenoxy) is 1. The van der Waals surface area contributed by atoms with Gasteiger partial charge in [-0.25, -0.2) is 0 Å². The summed E-state index contributed by atoms with van der Waals surface area (Å²) in [7, 11) is 1.62. The van der Waals surface area contributed by atoms with Crippen LogP contribution in [0.2, 0.25) is 0 Å². The van der Waals surface area contributed by atoms with Gasteiger partial charge in [-0.1, -0.05) is 31.1 Å². The van der Waals surface area contributed by atoms with Gasteiger partial charge in [0.25, 0.3) is 0 Å². The number of benzene rings is 1. The number of hydrogen-bond acceptors (Lipinski definition) is 4. The number of nitrogens with zero attached hydrogens (tertiary/aromatic N) is 1. The van der Waals surface area contributed by atoms with Crippen molar-refractivity contribution in [1.82, 2.24) is 5.16 Å². The van der Waals surface area contributed by atoms with E-state index in [4.69, 9.17) is 9.26 Å². The van der Waals surface area contributed by atoms with Crippen LogP contribution in [0.25, 0.3) is 0 Å². The highest BCUT2D eigenvalue weighted by Crippen LogP contribution is 2.27. The molecule has 1 N–H and O–H groups in total. The summed E-state index contributed by atoms with van der Waals surface area (Å²) < 4.78 is 10.1. The Balaban J connectivity index is 2.19. The number of nitrogens with one attached hydrogen (secondary N) is 1. The minimum Gasteiger partial charge on any atom is -0.497 e. The topological polar surface area (TPSA) is 64.4 Å². The Kier molecular flexibility index (Phi) is 4.62. The van der Waals surface area contributed by atoms with E-state index in [0.29, 0.717) is 11.6 Å². The molecule has 1 heterocycles. The molecule has 1 aromatic heterocycles. The van der Waals surface area contributed by atoms with Crippen LogP contribution in [0.15, 0.2) is 34.9 Å². The average molecular weight is 288 g/mol. The van der Waals surface area contributed by atoms with Crippen molar-refractivity contribution in [2.45, 2.75) is 26.7 Å². The fraction of sp³-hybridized carbons (Fsp3) is 0.375. The maximum Gasteiger partial charge on any atom is 0.233 e.